The minimum absolute atomic E-state index is 0.166. The first-order valence-electron chi connectivity index (χ1n) is 8.93. The van der Waals surface area contributed by atoms with Gasteiger partial charge < -0.3 is 16.0 Å². The molecule has 132 valence electrons. The first kappa shape index (κ1) is 17.4. The molecule has 1 amide bonds. The smallest absolute Gasteiger partial charge is 0.241 e. The molecule has 1 aromatic carbocycles. The van der Waals surface area contributed by atoms with Crippen LogP contribution in [0.3, 0.4) is 0 Å². The zero-order valence-corrected chi connectivity index (χ0v) is 14.7. The maximum absolute atomic E-state index is 12.3. The van der Waals surface area contributed by atoms with Gasteiger partial charge in [-0.1, -0.05) is 29.8 Å². The molecular weight excluding hydrogens is 312 g/mol. The van der Waals surface area contributed by atoms with Crippen molar-refractivity contribution in [2.75, 3.05) is 18.0 Å². The number of nitrogens with zero attached hydrogens (tertiary/aromatic N) is 2. The molecule has 1 aromatic heterocycles. The fourth-order valence-electron chi connectivity index (χ4n) is 3.09. The van der Waals surface area contributed by atoms with Gasteiger partial charge in [0.25, 0.3) is 0 Å². The van der Waals surface area contributed by atoms with Gasteiger partial charge in [-0.3, -0.25) is 4.79 Å². The Bertz CT molecular complexity index is 708. The lowest BCUT2D eigenvalue weighted by Gasteiger charge is -2.28. The summed E-state index contributed by atoms with van der Waals surface area (Å²) < 4.78 is 0. The van der Waals surface area contributed by atoms with Crippen LogP contribution in [0.4, 0.5) is 5.82 Å². The van der Waals surface area contributed by atoms with Crippen LogP contribution in [0, 0.1) is 6.92 Å². The number of hydrogen-bond donors (Lipinski definition) is 2. The highest BCUT2D eigenvalue weighted by atomic mass is 16.2. The molecule has 3 N–H and O–H groups in total. The number of carbonyl (C=O) groups excluding carboxylic acids is 1. The maximum atomic E-state index is 12.3. The molecule has 2 aromatic rings. The molecule has 0 bridgehead atoms. The second kappa shape index (κ2) is 8.12. The van der Waals surface area contributed by atoms with E-state index >= 15 is 0 Å². The van der Waals surface area contributed by atoms with Crippen LogP contribution >= 0.6 is 0 Å². The van der Waals surface area contributed by atoms with E-state index in [2.05, 4.69) is 21.3 Å². The number of anilines is 1. The molecule has 1 unspecified atom stereocenters. The number of piperidine rings is 1. The molecule has 0 saturated carbocycles. The summed E-state index contributed by atoms with van der Waals surface area (Å²) in [6.45, 7) is 4.59. The highest BCUT2D eigenvalue weighted by Crippen LogP contribution is 2.18. The molecule has 5 nitrogen and oxygen atoms in total. The van der Waals surface area contributed by atoms with E-state index in [9.17, 15) is 4.79 Å². The van der Waals surface area contributed by atoms with Gasteiger partial charge in [0.2, 0.25) is 5.91 Å². The van der Waals surface area contributed by atoms with Crippen molar-refractivity contribution >= 4 is 11.7 Å². The van der Waals surface area contributed by atoms with Crippen molar-refractivity contribution in [2.45, 2.75) is 38.8 Å². The van der Waals surface area contributed by atoms with Crippen molar-refractivity contribution in [2.24, 2.45) is 5.73 Å². The van der Waals surface area contributed by atoms with Crippen LogP contribution in [-0.2, 0) is 11.3 Å². The molecular formula is C20H26N4O. The van der Waals surface area contributed by atoms with Gasteiger partial charge in [0.1, 0.15) is 11.9 Å². The van der Waals surface area contributed by atoms with Gasteiger partial charge in [0, 0.05) is 25.8 Å². The quantitative estimate of drug-likeness (QED) is 0.879. The van der Waals surface area contributed by atoms with Crippen LogP contribution in [0.15, 0.2) is 42.6 Å². The summed E-state index contributed by atoms with van der Waals surface area (Å²) in [7, 11) is 0. The van der Waals surface area contributed by atoms with Gasteiger partial charge in [-0.25, -0.2) is 4.98 Å². The van der Waals surface area contributed by atoms with Crippen LogP contribution in [-0.4, -0.2) is 24.0 Å². The average molecular weight is 338 g/mol. The van der Waals surface area contributed by atoms with Crippen molar-refractivity contribution in [3.8, 4) is 0 Å². The highest BCUT2D eigenvalue weighted by molar-refractivity contribution is 5.82. The topological polar surface area (TPSA) is 71.2 Å². The number of benzene rings is 1. The number of amides is 1. The van der Waals surface area contributed by atoms with Crippen molar-refractivity contribution < 1.29 is 4.79 Å². The van der Waals surface area contributed by atoms with Crippen LogP contribution in [0.5, 0.6) is 0 Å². The normalized spacial score (nSPS) is 15.7. The number of nitrogens with two attached hydrogens (primary N) is 1. The number of aryl methyl sites for hydroxylation is 1. The van der Waals surface area contributed by atoms with E-state index in [0.29, 0.717) is 6.54 Å². The molecule has 1 aliphatic heterocycles. The average Bonchev–Trinajstić information content (AvgIpc) is 2.67. The predicted octanol–water partition coefficient (Wildman–Crippen LogP) is 2.70. The predicted molar refractivity (Wildman–Crippen MR) is 100 cm³/mol. The summed E-state index contributed by atoms with van der Waals surface area (Å²) in [5, 5.41) is 2.93. The lowest BCUT2D eigenvalue weighted by Crippen LogP contribution is -2.34. The third-order valence-corrected chi connectivity index (χ3v) is 4.68. The molecule has 25 heavy (non-hydrogen) atoms. The van der Waals surface area contributed by atoms with Crippen molar-refractivity contribution in [1.29, 1.82) is 0 Å². The summed E-state index contributed by atoms with van der Waals surface area (Å²) >= 11 is 0. The van der Waals surface area contributed by atoms with Gasteiger partial charge in [-0.05, 0) is 49.4 Å². The van der Waals surface area contributed by atoms with Gasteiger partial charge in [0.15, 0.2) is 0 Å². The Labute approximate surface area is 149 Å². The standard InChI is InChI=1S/C20H26N4O/c1-15-5-7-17(8-6-15)19(21)20(25)23-14-16-9-10-22-18(13-16)24-11-3-2-4-12-24/h5-10,13,19H,2-4,11-12,14,21H2,1H3,(H,23,25). The fourth-order valence-corrected chi connectivity index (χ4v) is 3.09. The van der Waals surface area contributed by atoms with E-state index in [-0.39, 0.29) is 5.91 Å². The summed E-state index contributed by atoms with van der Waals surface area (Å²) in [4.78, 5) is 19.1. The molecule has 3 rings (SSSR count). The SMILES string of the molecule is Cc1ccc(C(N)C(=O)NCc2ccnc(N3CCCCC3)c2)cc1. The van der Waals surface area contributed by atoms with Gasteiger partial charge >= 0.3 is 0 Å². The van der Waals surface area contributed by atoms with Crippen LogP contribution in [0.25, 0.3) is 0 Å². The Kier molecular flexibility index (Phi) is 5.66. The summed E-state index contributed by atoms with van der Waals surface area (Å²) in [5.74, 6) is 0.828. The summed E-state index contributed by atoms with van der Waals surface area (Å²) in [5.41, 5.74) is 9.09. The lowest BCUT2D eigenvalue weighted by molar-refractivity contribution is -0.122. The second-order valence-corrected chi connectivity index (χ2v) is 6.68. The Morgan fingerprint density at radius 3 is 2.64 bits per heavy atom. The van der Waals surface area contributed by atoms with E-state index < -0.39 is 6.04 Å². The number of hydrogen-bond acceptors (Lipinski definition) is 4. The Morgan fingerprint density at radius 2 is 1.92 bits per heavy atom. The molecule has 0 aliphatic carbocycles. The molecule has 5 heteroatoms. The largest absolute Gasteiger partial charge is 0.357 e. The van der Waals surface area contributed by atoms with E-state index in [1.165, 1.54) is 19.3 Å². The summed E-state index contributed by atoms with van der Waals surface area (Å²) in [6.07, 6.45) is 5.54. The van der Waals surface area contributed by atoms with Gasteiger partial charge in [-0.2, -0.15) is 0 Å². The van der Waals surface area contributed by atoms with E-state index in [1.807, 2.05) is 43.5 Å². The van der Waals surface area contributed by atoms with E-state index in [1.54, 1.807) is 0 Å². The molecule has 1 saturated heterocycles. The maximum Gasteiger partial charge on any atom is 0.241 e. The van der Waals surface area contributed by atoms with E-state index in [4.69, 9.17) is 5.73 Å². The zero-order valence-electron chi connectivity index (χ0n) is 14.7. The minimum atomic E-state index is -0.649. The number of carbonyl (C=O) groups is 1. The summed E-state index contributed by atoms with van der Waals surface area (Å²) in [6, 6.07) is 11.1. The molecule has 1 atom stereocenters. The van der Waals surface area contributed by atoms with Crippen molar-refractivity contribution in [1.82, 2.24) is 10.3 Å². The highest BCUT2D eigenvalue weighted by Gasteiger charge is 2.16. The Balaban J connectivity index is 1.59. The Hall–Kier alpha value is -2.40. The number of nitrogens with one attached hydrogen (secondary N) is 1. The number of pyridine rings is 1. The molecule has 1 fully saturated rings. The van der Waals surface area contributed by atoms with Crippen LogP contribution < -0.4 is 16.0 Å². The fraction of sp³-hybridized carbons (Fsp3) is 0.400. The number of aromatic nitrogens is 1. The first-order chi connectivity index (χ1) is 12.1. The molecule has 0 spiro atoms. The van der Waals surface area contributed by atoms with Crippen molar-refractivity contribution in [3.05, 3.63) is 59.3 Å². The number of rotatable bonds is 5. The minimum Gasteiger partial charge on any atom is -0.357 e. The third kappa shape index (κ3) is 4.57. The second-order valence-electron chi connectivity index (χ2n) is 6.68. The molecule has 1 aliphatic rings. The third-order valence-electron chi connectivity index (χ3n) is 4.68. The van der Waals surface area contributed by atoms with Gasteiger partial charge in [0.05, 0.1) is 0 Å². The monoisotopic (exact) mass is 338 g/mol. The van der Waals surface area contributed by atoms with E-state index in [0.717, 1.165) is 35.6 Å². The molecule has 0 radical (unpaired) electrons. The zero-order chi connectivity index (χ0) is 17.6. The van der Waals surface area contributed by atoms with Crippen LogP contribution in [0.2, 0.25) is 0 Å². The van der Waals surface area contributed by atoms with Crippen LogP contribution in [0.1, 0.15) is 42.0 Å². The van der Waals surface area contributed by atoms with Crippen molar-refractivity contribution in [3.63, 3.8) is 0 Å². The lowest BCUT2D eigenvalue weighted by atomic mass is 10.1. The molecule has 2 heterocycles. The first-order valence-corrected chi connectivity index (χ1v) is 8.93. The Morgan fingerprint density at radius 1 is 1.20 bits per heavy atom. The van der Waals surface area contributed by atoms with Gasteiger partial charge in [-0.15, -0.1) is 0 Å².